The summed E-state index contributed by atoms with van der Waals surface area (Å²) in [6.07, 6.45) is 12.3. The van der Waals surface area contributed by atoms with E-state index in [0.717, 1.165) is 49.9 Å². The highest BCUT2D eigenvalue weighted by molar-refractivity contribution is 5.92. The molecule has 5 heteroatoms. The van der Waals surface area contributed by atoms with Gasteiger partial charge in [-0.05, 0) is 92.0 Å². The van der Waals surface area contributed by atoms with Gasteiger partial charge < -0.3 is 21.4 Å². The summed E-state index contributed by atoms with van der Waals surface area (Å²) in [4.78, 5) is 12.5. The van der Waals surface area contributed by atoms with Crippen LogP contribution in [0.15, 0.2) is 17.3 Å². The highest BCUT2D eigenvalue weighted by Crippen LogP contribution is 2.38. The van der Waals surface area contributed by atoms with Crippen LogP contribution >= 0.6 is 0 Å². The molecule has 1 aromatic carbocycles. The van der Waals surface area contributed by atoms with E-state index < -0.39 is 0 Å². The largest absolute Gasteiger partial charge is 0.388 e. The second-order valence-corrected chi connectivity index (χ2v) is 7.90. The molecule has 0 atom stereocenters. The van der Waals surface area contributed by atoms with E-state index >= 15 is 0 Å². The van der Waals surface area contributed by atoms with Crippen molar-refractivity contribution in [2.45, 2.75) is 64.2 Å². The van der Waals surface area contributed by atoms with Gasteiger partial charge in [0.1, 0.15) is 0 Å². The minimum absolute atomic E-state index is 0.115. The monoisotopic (exact) mass is 366 g/mol. The number of carbonyl (C=O) groups is 1. The van der Waals surface area contributed by atoms with Gasteiger partial charge in [0, 0.05) is 30.7 Å². The van der Waals surface area contributed by atoms with Crippen molar-refractivity contribution in [3.05, 3.63) is 39.6 Å². The molecular weight excluding hydrogens is 336 g/mol. The molecule has 2 aliphatic carbocycles. The second kappa shape index (κ2) is 8.15. The molecule has 4 rings (SSSR count). The van der Waals surface area contributed by atoms with Crippen molar-refractivity contribution in [3.63, 3.8) is 0 Å². The Labute approximate surface area is 161 Å². The number of nitrogens with one attached hydrogen (secondary N) is 4. The van der Waals surface area contributed by atoms with Crippen molar-refractivity contribution >= 4 is 17.9 Å². The fraction of sp³-hybridized carbons (Fsp3) is 0.545. The fourth-order valence-corrected chi connectivity index (χ4v) is 4.77. The number of aryl methyl sites for hydroxylation is 2. The summed E-state index contributed by atoms with van der Waals surface area (Å²) in [5.74, 6) is 0. The van der Waals surface area contributed by atoms with Gasteiger partial charge in [-0.3, -0.25) is 0 Å². The summed E-state index contributed by atoms with van der Waals surface area (Å²) < 4.78 is 0. The van der Waals surface area contributed by atoms with Crippen LogP contribution in [0.4, 0.5) is 10.5 Å². The highest BCUT2D eigenvalue weighted by Gasteiger charge is 2.24. The van der Waals surface area contributed by atoms with Crippen LogP contribution in [0, 0.1) is 5.41 Å². The first-order valence-corrected chi connectivity index (χ1v) is 10.4. The van der Waals surface area contributed by atoms with E-state index in [-0.39, 0.29) is 6.03 Å². The number of amides is 2. The van der Waals surface area contributed by atoms with Gasteiger partial charge in [0.25, 0.3) is 0 Å². The molecule has 5 nitrogen and oxygen atoms in total. The summed E-state index contributed by atoms with van der Waals surface area (Å²) in [6, 6.07) is 2.27. The normalized spacial score (nSPS) is 19.7. The average molecular weight is 367 g/mol. The summed E-state index contributed by atoms with van der Waals surface area (Å²) in [6.45, 7) is 1.55. The molecule has 3 aliphatic rings. The summed E-state index contributed by atoms with van der Waals surface area (Å²) >= 11 is 0. The van der Waals surface area contributed by atoms with Crippen LogP contribution in [0.25, 0.3) is 0 Å². The van der Waals surface area contributed by atoms with Gasteiger partial charge in [-0.2, -0.15) is 0 Å². The topological polar surface area (TPSA) is 77.0 Å². The third-order valence-electron chi connectivity index (χ3n) is 6.15. The lowest BCUT2D eigenvalue weighted by Gasteiger charge is -2.20. The van der Waals surface area contributed by atoms with E-state index in [2.05, 4.69) is 22.0 Å². The van der Waals surface area contributed by atoms with Gasteiger partial charge in [-0.25, -0.2) is 4.79 Å². The SMILES string of the molecule is N=C/C(CCNC(=O)Nc1c2c(cc3c1CCC3)CCC2)=C1/CCCCN1. The molecule has 1 heterocycles. The Morgan fingerprint density at radius 3 is 2.41 bits per heavy atom. The molecule has 27 heavy (non-hydrogen) atoms. The van der Waals surface area contributed by atoms with Crippen molar-refractivity contribution < 1.29 is 4.79 Å². The van der Waals surface area contributed by atoms with Gasteiger partial charge in [0.15, 0.2) is 0 Å². The molecule has 1 aromatic rings. The van der Waals surface area contributed by atoms with Crippen molar-refractivity contribution in [1.82, 2.24) is 10.6 Å². The fourth-order valence-electron chi connectivity index (χ4n) is 4.77. The Balaban J connectivity index is 1.39. The summed E-state index contributed by atoms with van der Waals surface area (Å²) in [7, 11) is 0. The van der Waals surface area contributed by atoms with Crippen molar-refractivity contribution in [3.8, 4) is 0 Å². The molecule has 0 bridgehead atoms. The van der Waals surface area contributed by atoms with Crippen molar-refractivity contribution in [2.24, 2.45) is 0 Å². The molecule has 1 fully saturated rings. The Bertz CT molecular complexity index is 741. The van der Waals surface area contributed by atoms with Crippen LogP contribution in [0.5, 0.6) is 0 Å². The quantitative estimate of drug-likeness (QED) is 0.597. The maximum absolute atomic E-state index is 12.5. The van der Waals surface area contributed by atoms with Crippen LogP contribution in [0.3, 0.4) is 0 Å². The number of hydrogen-bond donors (Lipinski definition) is 4. The Hall–Kier alpha value is -2.30. The van der Waals surface area contributed by atoms with Crippen LogP contribution in [-0.4, -0.2) is 25.3 Å². The molecule has 2 amide bonds. The molecule has 4 N–H and O–H groups in total. The van der Waals surface area contributed by atoms with Crippen LogP contribution in [0.2, 0.25) is 0 Å². The molecule has 0 spiro atoms. The lowest BCUT2D eigenvalue weighted by Crippen LogP contribution is -2.31. The van der Waals surface area contributed by atoms with Crippen LogP contribution in [0.1, 0.15) is 60.8 Å². The zero-order chi connectivity index (χ0) is 18.6. The lowest BCUT2D eigenvalue weighted by molar-refractivity contribution is 0.252. The number of rotatable bonds is 5. The number of allylic oxidation sites excluding steroid dienone is 1. The molecule has 0 saturated carbocycles. The second-order valence-electron chi connectivity index (χ2n) is 7.90. The minimum atomic E-state index is -0.115. The predicted octanol–water partition coefficient (Wildman–Crippen LogP) is 3.85. The number of hydrogen-bond acceptors (Lipinski definition) is 3. The zero-order valence-corrected chi connectivity index (χ0v) is 16.0. The minimum Gasteiger partial charge on any atom is -0.388 e. The van der Waals surface area contributed by atoms with Gasteiger partial charge in [-0.15, -0.1) is 0 Å². The van der Waals surface area contributed by atoms with Crippen LogP contribution in [-0.2, 0) is 25.7 Å². The first-order chi connectivity index (χ1) is 13.3. The smallest absolute Gasteiger partial charge is 0.319 e. The van der Waals surface area contributed by atoms with E-state index in [1.54, 1.807) is 0 Å². The van der Waals surface area contributed by atoms with E-state index in [1.165, 1.54) is 59.8 Å². The standard InChI is InChI=1S/C22H30N4O/c23-14-17(20-9-1-2-11-24-20)10-12-25-22(27)26-21-18-7-3-5-15(18)13-16-6-4-8-19(16)21/h13-14,23-24H,1-12H2,(H2,25,26,27)/b20-17-,23-14?. The lowest BCUT2D eigenvalue weighted by atomic mass is 9.99. The van der Waals surface area contributed by atoms with E-state index in [4.69, 9.17) is 5.41 Å². The molecule has 1 aliphatic heterocycles. The van der Waals surface area contributed by atoms with Gasteiger partial charge in [-0.1, -0.05) is 6.07 Å². The average Bonchev–Trinajstić information content (AvgIpc) is 3.35. The number of anilines is 1. The van der Waals surface area contributed by atoms with Crippen molar-refractivity contribution in [1.29, 1.82) is 5.41 Å². The van der Waals surface area contributed by atoms with Crippen LogP contribution < -0.4 is 16.0 Å². The summed E-state index contributed by atoms with van der Waals surface area (Å²) in [5, 5.41) is 17.3. The zero-order valence-electron chi connectivity index (χ0n) is 16.0. The van der Waals surface area contributed by atoms with Gasteiger partial charge in [0.2, 0.25) is 0 Å². The molecular formula is C22H30N4O. The number of urea groups is 1. The maximum atomic E-state index is 12.5. The van der Waals surface area contributed by atoms with E-state index in [9.17, 15) is 4.79 Å². The first-order valence-electron chi connectivity index (χ1n) is 10.4. The highest BCUT2D eigenvalue weighted by atomic mass is 16.2. The third kappa shape index (κ3) is 3.87. The number of benzene rings is 1. The molecule has 0 radical (unpaired) electrons. The number of fused-ring (bicyclic) bond motifs is 2. The predicted molar refractivity (Wildman–Crippen MR) is 110 cm³/mol. The van der Waals surface area contributed by atoms with Crippen molar-refractivity contribution in [2.75, 3.05) is 18.4 Å². The van der Waals surface area contributed by atoms with Gasteiger partial charge in [0.05, 0.1) is 0 Å². The first kappa shape index (κ1) is 18.1. The Kier molecular flexibility index (Phi) is 5.46. The third-order valence-corrected chi connectivity index (χ3v) is 6.15. The van der Waals surface area contributed by atoms with Gasteiger partial charge >= 0.3 is 6.03 Å². The van der Waals surface area contributed by atoms with E-state index in [0.29, 0.717) is 13.0 Å². The maximum Gasteiger partial charge on any atom is 0.319 e. The summed E-state index contributed by atoms with van der Waals surface area (Å²) in [5.41, 5.74) is 8.87. The van der Waals surface area contributed by atoms with E-state index in [1.807, 2.05) is 0 Å². The number of piperidine rings is 1. The molecule has 144 valence electrons. The Morgan fingerprint density at radius 1 is 1.04 bits per heavy atom. The molecule has 0 aromatic heterocycles. The Morgan fingerprint density at radius 2 is 1.78 bits per heavy atom. The molecule has 0 unspecified atom stereocenters. The number of carbonyl (C=O) groups excluding carboxylic acids is 1. The molecule has 1 saturated heterocycles.